The largest absolute Gasteiger partial charge is 0.353 e. The van der Waals surface area contributed by atoms with Gasteiger partial charge in [0, 0.05) is 88.0 Å². The van der Waals surface area contributed by atoms with Crippen molar-refractivity contribution < 1.29 is 43.2 Å². The van der Waals surface area contributed by atoms with Gasteiger partial charge in [0.05, 0.1) is 0 Å². The number of carbonyl (C=O) groups is 9. The lowest BCUT2D eigenvalue weighted by molar-refractivity contribution is -0.127. The van der Waals surface area contributed by atoms with E-state index >= 15 is 0 Å². The van der Waals surface area contributed by atoms with Crippen LogP contribution in [0.15, 0.2) is 0 Å². The Labute approximate surface area is 302 Å². The molecule has 290 valence electrons. The lowest BCUT2D eigenvalue weighted by atomic mass is 10.0. The van der Waals surface area contributed by atoms with Crippen LogP contribution in [-0.2, 0) is 43.2 Å². The Bertz CT molecular complexity index is 1160. The van der Waals surface area contributed by atoms with Gasteiger partial charge in [0.2, 0.25) is 23.6 Å². The summed E-state index contributed by atoms with van der Waals surface area (Å²) in [6.07, 6.45) is 3.51. The molecule has 5 atom stereocenters. The molecule has 0 aliphatic carbocycles. The third kappa shape index (κ3) is 26.6. The third-order valence-corrected chi connectivity index (χ3v) is 8.34. The highest BCUT2D eigenvalue weighted by Gasteiger charge is 2.25. The molecule has 0 fully saturated rings. The third-order valence-electron chi connectivity index (χ3n) is 8.34. The van der Waals surface area contributed by atoms with E-state index in [1.54, 1.807) is 7.05 Å². The molecule has 4 amide bonds. The van der Waals surface area contributed by atoms with Crippen LogP contribution in [0.25, 0.3) is 0 Å². The Kier molecular flexibility index (Phi) is 25.7. The van der Waals surface area contributed by atoms with Gasteiger partial charge in [0.1, 0.15) is 29.4 Å². The average molecular weight is 723 g/mol. The van der Waals surface area contributed by atoms with Gasteiger partial charge in [-0.3, -0.25) is 19.2 Å². The molecule has 0 heterocycles. The van der Waals surface area contributed by atoms with Gasteiger partial charge in [-0.2, -0.15) is 0 Å². The predicted molar refractivity (Wildman–Crippen MR) is 193 cm³/mol. The first-order valence-corrected chi connectivity index (χ1v) is 18.0. The minimum Gasteiger partial charge on any atom is -0.353 e. The van der Waals surface area contributed by atoms with E-state index in [0.29, 0.717) is 19.3 Å². The Morgan fingerprint density at radius 1 is 0.471 bits per heavy atom. The maximum atomic E-state index is 13.2. The van der Waals surface area contributed by atoms with Crippen molar-refractivity contribution in [3.8, 4) is 0 Å². The second-order valence-electron chi connectivity index (χ2n) is 13.5. The van der Waals surface area contributed by atoms with E-state index in [9.17, 15) is 43.2 Å². The van der Waals surface area contributed by atoms with Gasteiger partial charge in [-0.1, -0.05) is 0 Å². The molecule has 0 saturated carbocycles. The van der Waals surface area contributed by atoms with Crippen molar-refractivity contribution in [3.63, 3.8) is 0 Å². The van der Waals surface area contributed by atoms with Crippen molar-refractivity contribution in [1.29, 1.82) is 0 Å². The van der Waals surface area contributed by atoms with Crippen LogP contribution in [0.3, 0.4) is 0 Å². The van der Waals surface area contributed by atoms with Crippen molar-refractivity contribution in [3.05, 3.63) is 0 Å². The topological polar surface area (TPSA) is 226 Å². The molecule has 0 saturated heterocycles. The standard InChI is InChI=1S/C36H62N6O9/c1-24(44)9-13-29(38-6)20-33(48)40-31(15-11-26(3)46)22-35(50)42-32(16-12-27(4)47)23-36(51)41-30(14-10-25(2)45)21-34(49)39-28(17-19-43)8-7-18-37-5/h19,28-32,37-38H,7-18,20-23H2,1-6H3,(H,39,49)(H,40,48)(H,41,51)(H,42,50). The zero-order valence-corrected chi connectivity index (χ0v) is 31.5. The van der Waals surface area contributed by atoms with Gasteiger partial charge in [0.25, 0.3) is 0 Å². The molecule has 0 radical (unpaired) electrons. The van der Waals surface area contributed by atoms with E-state index in [4.69, 9.17) is 0 Å². The summed E-state index contributed by atoms with van der Waals surface area (Å²) in [5, 5.41) is 17.3. The minimum atomic E-state index is -0.753. The van der Waals surface area contributed by atoms with Gasteiger partial charge in [-0.05, 0) is 86.9 Å². The number of nitrogens with one attached hydrogen (secondary N) is 6. The van der Waals surface area contributed by atoms with E-state index < -0.39 is 29.9 Å². The lowest BCUT2D eigenvalue weighted by Gasteiger charge is -2.24. The first-order valence-electron chi connectivity index (χ1n) is 18.0. The number of hydrogen-bond donors (Lipinski definition) is 6. The second-order valence-corrected chi connectivity index (χ2v) is 13.5. The summed E-state index contributed by atoms with van der Waals surface area (Å²) in [5.74, 6) is -2.05. The van der Waals surface area contributed by atoms with Gasteiger partial charge in [-0.25, -0.2) is 0 Å². The van der Waals surface area contributed by atoms with Gasteiger partial charge in [-0.15, -0.1) is 0 Å². The molecular weight excluding hydrogens is 660 g/mol. The quantitative estimate of drug-likeness (QED) is 0.0440. The zero-order chi connectivity index (χ0) is 38.8. The molecule has 0 aliphatic rings. The molecule has 0 aliphatic heterocycles. The maximum Gasteiger partial charge on any atom is 0.222 e. The van der Waals surface area contributed by atoms with Gasteiger partial charge in [0.15, 0.2) is 0 Å². The van der Waals surface area contributed by atoms with Crippen LogP contribution in [-0.4, -0.2) is 104 Å². The highest BCUT2D eigenvalue weighted by atomic mass is 16.2. The first-order chi connectivity index (χ1) is 24.1. The van der Waals surface area contributed by atoms with Crippen molar-refractivity contribution in [2.75, 3.05) is 20.6 Å². The molecule has 0 aromatic carbocycles. The van der Waals surface area contributed by atoms with Crippen molar-refractivity contribution in [2.45, 2.75) is 154 Å². The number of Topliss-reactive ketones (excluding diaryl/α,β-unsaturated/α-hetero) is 4. The number of hydrogen-bond acceptors (Lipinski definition) is 11. The highest BCUT2D eigenvalue weighted by molar-refractivity contribution is 5.84. The summed E-state index contributed by atoms with van der Waals surface area (Å²) in [5.41, 5.74) is 0. The highest BCUT2D eigenvalue weighted by Crippen LogP contribution is 2.11. The van der Waals surface area contributed by atoms with E-state index in [1.807, 2.05) is 7.05 Å². The monoisotopic (exact) mass is 722 g/mol. The summed E-state index contributed by atoms with van der Waals surface area (Å²) in [6.45, 7) is 6.42. The fourth-order valence-corrected chi connectivity index (χ4v) is 5.47. The Morgan fingerprint density at radius 3 is 1.08 bits per heavy atom. The van der Waals surface area contributed by atoms with Crippen LogP contribution in [0, 0.1) is 0 Å². The van der Waals surface area contributed by atoms with Crippen molar-refractivity contribution in [1.82, 2.24) is 31.9 Å². The SMILES string of the molecule is CNCCCC(CC=O)NC(=O)CC(CCC(C)=O)NC(=O)CC(CCC(C)=O)NC(=O)CC(CCC(C)=O)NC(=O)CC(CCC(C)=O)NC. The number of carbonyl (C=O) groups excluding carboxylic acids is 9. The minimum absolute atomic E-state index is 0.00673. The normalized spacial score (nSPS) is 13.8. The molecular formula is C36H62N6O9. The Morgan fingerprint density at radius 2 is 0.784 bits per heavy atom. The predicted octanol–water partition coefficient (Wildman–Crippen LogP) is 1.14. The Hall–Kier alpha value is -3.85. The Balaban J connectivity index is 5.63. The maximum absolute atomic E-state index is 13.2. The molecule has 15 nitrogen and oxygen atoms in total. The van der Waals surface area contributed by atoms with E-state index in [-0.39, 0.29) is 118 Å². The first kappa shape index (κ1) is 47.1. The fourth-order valence-electron chi connectivity index (χ4n) is 5.47. The lowest BCUT2D eigenvalue weighted by Crippen LogP contribution is -2.46. The van der Waals surface area contributed by atoms with Gasteiger partial charge < -0.3 is 55.9 Å². The summed E-state index contributed by atoms with van der Waals surface area (Å²) >= 11 is 0. The molecule has 0 rings (SSSR count). The smallest absolute Gasteiger partial charge is 0.222 e. The molecule has 5 unspecified atom stereocenters. The fraction of sp³-hybridized carbons (Fsp3) is 0.750. The zero-order valence-electron chi connectivity index (χ0n) is 31.5. The summed E-state index contributed by atoms with van der Waals surface area (Å²) < 4.78 is 0. The van der Waals surface area contributed by atoms with Gasteiger partial charge >= 0.3 is 0 Å². The van der Waals surface area contributed by atoms with E-state index in [1.165, 1.54) is 27.7 Å². The molecule has 15 heteroatoms. The second kappa shape index (κ2) is 27.8. The van der Waals surface area contributed by atoms with Crippen LogP contribution in [0.1, 0.15) is 124 Å². The van der Waals surface area contributed by atoms with E-state index in [2.05, 4.69) is 31.9 Å². The van der Waals surface area contributed by atoms with Crippen LogP contribution >= 0.6 is 0 Å². The van der Waals surface area contributed by atoms with Crippen molar-refractivity contribution >= 4 is 53.0 Å². The summed E-state index contributed by atoms with van der Waals surface area (Å²) in [7, 11) is 3.50. The van der Waals surface area contributed by atoms with Crippen molar-refractivity contribution in [2.24, 2.45) is 0 Å². The van der Waals surface area contributed by atoms with E-state index in [0.717, 1.165) is 19.3 Å². The van der Waals surface area contributed by atoms with Crippen LogP contribution in [0.2, 0.25) is 0 Å². The van der Waals surface area contributed by atoms with Crippen LogP contribution in [0.4, 0.5) is 0 Å². The molecule has 6 N–H and O–H groups in total. The molecule has 0 spiro atoms. The molecule has 0 aromatic rings. The molecule has 0 bridgehead atoms. The average Bonchev–Trinajstić information content (AvgIpc) is 3.03. The van der Waals surface area contributed by atoms with Crippen LogP contribution in [0.5, 0.6) is 0 Å². The number of rotatable bonds is 31. The molecule has 51 heavy (non-hydrogen) atoms. The molecule has 0 aromatic heterocycles. The number of ketones is 4. The van der Waals surface area contributed by atoms with Crippen LogP contribution < -0.4 is 31.9 Å². The number of aldehydes is 1. The number of amides is 4. The summed E-state index contributed by atoms with van der Waals surface area (Å²) in [4.78, 5) is 110. The summed E-state index contributed by atoms with van der Waals surface area (Å²) in [6, 6.07) is -2.74.